The minimum atomic E-state index is -0.909. The van der Waals surface area contributed by atoms with Crippen molar-refractivity contribution >= 4 is 14.7 Å². The summed E-state index contributed by atoms with van der Waals surface area (Å²) in [5.41, 5.74) is 2.67. The van der Waals surface area contributed by atoms with E-state index in [-0.39, 0.29) is 5.75 Å². The van der Waals surface area contributed by atoms with Crippen LogP contribution in [-0.4, -0.2) is 16.1 Å². The molecule has 0 aromatic heterocycles. The van der Waals surface area contributed by atoms with Crippen LogP contribution < -0.4 is 9.92 Å². The van der Waals surface area contributed by atoms with Crippen molar-refractivity contribution in [1.82, 2.24) is 0 Å². The molecule has 0 saturated heterocycles. The second-order valence-electron chi connectivity index (χ2n) is 8.03. The molecule has 1 saturated carbocycles. The molecule has 2 aromatic rings. The normalized spacial score (nSPS) is 20.0. The molecule has 0 spiro atoms. The largest absolute Gasteiger partial charge is 0.491 e. The molecule has 0 N–H and O–H groups in total. The molecule has 0 radical (unpaired) electrons. The van der Waals surface area contributed by atoms with E-state index >= 15 is 0 Å². The fraction of sp³-hybridized carbons (Fsp3) is 0.500. The molecular weight excluding hydrogens is 370 g/mol. The first kappa shape index (κ1) is 21.0. The molecule has 1 nitrogen and oxygen atoms in total. The molecule has 0 aliphatic heterocycles. The van der Waals surface area contributed by atoms with E-state index in [2.05, 4.69) is 31.2 Å². The first-order chi connectivity index (χ1) is 13.6. The summed E-state index contributed by atoms with van der Waals surface area (Å²) in [5.74, 6) is 0.0580. The lowest BCUT2D eigenvalue weighted by Gasteiger charge is -2.28. The maximum atomic E-state index is 14.3. The quantitative estimate of drug-likeness (QED) is 0.535. The molecule has 0 unspecified atom stereocenters. The Hall–Kier alpha value is -1.68. The molecule has 0 bridgehead atoms. The smallest absolute Gasteiger partial charge is 0.200 e. The number of benzene rings is 2. The summed E-state index contributed by atoms with van der Waals surface area (Å²) < 4.78 is 33.4. The van der Waals surface area contributed by atoms with Crippen LogP contribution in [0.4, 0.5) is 8.78 Å². The van der Waals surface area contributed by atoms with Crippen molar-refractivity contribution in [2.75, 3.05) is 6.61 Å². The van der Waals surface area contributed by atoms with Gasteiger partial charge >= 0.3 is 0 Å². The number of hydrogen-bond acceptors (Lipinski definition) is 1. The van der Waals surface area contributed by atoms with Crippen LogP contribution in [0.5, 0.6) is 5.75 Å². The standard InChI is InChI=1S/C24H32F2OSi/c1-3-5-17-6-10-19(11-7-17)20-12-8-18(9-13-20)16-28-22-15-14-21(27-4-2)23(25)24(22)26/h8-9,12-15,17,19H,3-7,10-11,16,28H2,1-2H3. The van der Waals surface area contributed by atoms with Crippen molar-refractivity contribution in [3.05, 3.63) is 59.2 Å². The van der Waals surface area contributed by atoms with Crippen LogP contribution in [-0.2, 0) is 6.04 Å². The summed E-state index contributed by atoms with van der Waals surface area (Å²) in [5, 5.41) is 0.541. The predicted molar refractivity (Wildman–Crippen MR) is 115 cm³/mol. The third kappa shape index (κ3) is 5.22. The number of halogens is 2. The van der Waals surface area contributed by atoms with E-state index in [0.717, 1.165) is 12.0 Å². The summed E-state index contributed by atoms with van der Waals surface area (Å²) in [6, 6.07) is 13.0. The van der Waals surface area contributed by atoms with E-state index in [9.17, 15) is 8.78 Å². The van der Waals surface area contributed by atoms with Gasteiger partial charge in [-0.1, -0.05) is 55.7 Å². The summed E-state index contributed by atoms with van der Waals surface area (Å²) in [7, 11) is -0.909. The van der Waals surface area contributed by atoms with E-state index in [1.54, 1.807) is 19.1 Å². The highest BCUT2D eigenvalue weighted by atomic mass is 28.2. The highest BCUT2D eigenvalue weighted by molar-refractivity contribution is 6.53. The van der Waals surface area contributed by atoms with Gasteiger partial charge < -0.3 is 4.74 Å². The molecule has 1 aliphatic carbocycles. The van der Waals surface area contributed by atoms with Crippen molar-refractivity contribution < 1.29 is 13.5 Å². The first-order valence-electron chi connectivity index (χ1n) is 10.8. The Bertz CT molecular complexity index is 752. The Morgan fingerprint density at radius 1 is 0.929 bits per heavy atom. The number of rotatable bonds is 8. The molecule has 4 heteroatoms. The van der Waals surface area contributed by atoms with Gasteiger partial charge in [-0.25, -0.2) is 4.39 Å². The minimum Gasteiger partial charge on any atom is -0.491 e. The van der Waals surface area contributed by atoms with Crippen molar-refractivity contribution in [3.63, 3.8) is 0 Å². The van der Waals surface area contributed by atoms with Gasteiger partial charge in [0.25, 0.3) is 0 Å². The Morgan fingerprint density at radius 2 is 1.64 bits per heavy atom. The van der Waals surface area contributed by atoms with Gasteiger partial charge in [-0.3, -0.25) is 0 Å². The van der Waals surface area contributed by atoms with Crippen LogP contribution in [0.2, 0.25) is 0 Å². The van der Waals surface area contributed by atoms with Crippen LogP contribution in [0.15, 0.2) is 36.4 Å². The second-order valence-corrected chi connectivity index (χ2v) is 9.79. The lowest BCUT2D eigenvalue weighted by Crippen LogP contribution is -2.22. The maximum Gasteiger partial charge on any atom is 0.200 e. The molecule has 2 aromatic carbocycles. The van der Waals surface area contributed by atoms with Gasteiger partial charge in [-0.15, -0.1) is 0 Å². The number of ether oxygens (including phenoxy) is 1. The summed E-state index contributed by atoms with van der Waals surface area (Å²) in [6.45, 7) is 4.38. The van der Waals surface area contributed by atoms with Crippen LogP contribution in [0.1, 0.15) is 69.4 Å². The molecular formula is C24H32F2OSi. The predicted octanol–water partition coefficient (Wildman–Crippen LogP) is 5.43. The Balaban J connectivity index is 1.56. The third-order valence-electron chi connectivity index (χ3n) is 6.10. The molecule has 0 atom stereocenters. The third-order valence-corrected chi connectivity index (χ3v) is 8.02. The topological polar surface area (TPSA) is 9.23 Å². The van der Waals surface area contributed by atoms with Gasteiger partial charge in [0.15, 0.2) is 17.4 Å². The van der Waals surface area contributed by atoms with Crippen molar-refractivity contribution in [2.24, 2.45) is 5.92 Å². The maximum absolute atomic E-state index is 14.3. The zero-order valence-electron chi connectivity index (χ0n) is 17.1. The SMILES string of the molecule is CCCC1CCC(c2ccc(C[SiH2]c3ccc(OCC)c(F)c3F)cc2)CC1. The molecule has 3 rings (SSSR count). The molecule has 0 amide bonds. The van der Waals surface area contributed by atoms with Gasteiger partial charge in [-0.05, 0) is 67.3 Å². The van der Waals surface area contributed by atoms with E-state index in [1.807, 2.05) is 0 Å². The zero-order chi connectivity index (χ0) is 19.9. The lowest BCUT2D eigenvalue weighted by molar-refractivity contribution is 0.308. The summed E-state index contributed by atoms with van der Waals surface area (Å²) in [6.07, 6.45) is 7.99. The highest BCUT2D eigenvalue weighted by Crippen LogP contribution is 2.37. The first-order valence-corrected chi connectivity index (χ1v) is 12.5. The van der Waals surface area contributed by atoms with E-state index in [0.29, 0.717) is 17.7 Å². The van der Waals surface area contributed by atoms with Crippen molar-refractivity contribution in [2.45, 2.75) is 64.3 Å². The van der Waals surface area contributed by atoms with Crippen molar-refractivity contribution in [1.29, 1.82) is 0 Å². The van der Waals surface area contributed by atoms with Gasteiger partial charge in [0.1, 0.15) is 0 Å². The molecule has 1 aliphatic rings. The van der Waals surface area contributed by atoms with E-state index < -0.39 is 21.2 Å². The Labute approximate surface area is 170 Å². The Morgan fingerprint density at radius 3 is 2.29 bits per heavy atom. The second kappa shape index (κ2) is 10.2. The van der Waals surface area contributed by atoms with E-state index in [1.165, 1.54) is 49.7 Å². The van der Waals surface area contributed by atoms with Crippen molar-refractivity contribution in [3.8, 4) is 5.75 Å². The van der Waals surface area contributed by atoms with Gasteiger partial charge in [-0.2, -0.15) is 4.39 Å². The fourth-order valence-corrected chi connectivity index (χ4v) is 6.01. The molecule has 1 fully saturated rings. The highest BCUT2D eigenvalue weighted by Gasteiger charge is 2.21. The van der Waals surface area contributed by atoms with Crippen LogP contribution in [0.3, 0.4) is 0 Å². The molecule has 152 valence electrons. The van der Waals surface area contributed by atoms with Crippen LogP contribution >= 0.6 is 0 Å². The average Bonchev–Trinajstić information content (AvgIpc) is 2.72. The van der Waals surface area contributed by atoms with Gasteiger partial charge in [0.05, 0.1) is 16.1 Å². The van der Waals surface area contributed by atoms with Gasteiger partial charge in [0.2, 0.25) is 0 Å². The molecule has 0 heterocycles. The summed E-state index contributed by atoms with van der Waals surface area (Å²) in [4.78, 5) is 0. The fourth-order valence-electron chi connectivity index (χ4n) is 4.46. The lowest BCUT2D eigenvalue weighted by atomic mass is 9.77. The zero-order valence-corrected chi connectivity index (χ0v) is 18.6. The van der Waals surface area contributed by atoms with Gasteiger partial charge in [0, 0.05) is 0 Å². The van der Waals surface area contributed by atoms with E-state index in [4.69, 9.17) is 4.74 Å². The summed E-state index contributed by atoms with van der Waals surface area (Å²) >= 11 is 0. The average molecular weight is 403 g/mol. The minimum absolute atomic E-state index is 0.00996. The molecule has 28 heavy (non-hydrogen) atoms. The monoisotopic (exact) mass is 402 g/mol. The Kier molecular flexibility index (Phi) is 7.66. The van der Waals surface area contributed by atoms with Crippen LogP contribution in [0, 0.1) is 17.6 Å². The number of hydrogen-bond donors (Lipinski definition) is 0. The van der Waals surface area contributed by atoms with Crippen LogP contribution in [0.25, 0.3) is 0 Å².